The Morgan fingerprint density at radius 3 is 0.763 bits per heavy atom. The molecular formula is C22H5F35O2. The summed E-state index contributed by atoms with van der Waals surface area (Å²) in [6.07, 6.45) is -7.89. The van der Waals surface area contributed by atoms with Crippen molar-refractivity contribution in [2.75, 3.05) is 0 Å². The molecule has 0 amide bonds. The van der Waals surface area contributed by atoms with E-state index >= 15 is 4.39 Å². The van der Waals surface area contributed by atoms with Crippen LogP contribution >= 0.6 is 0 Å². The van der Waals surface area contributed by atoms with Crippen LogP contribution in [0.25, 0.3) is 0 Å². The molecule has 0 heterocycles. The van der Waals surface area contributed by atoms with Crippen LogP contribution in [0.3, 0.4) is 0 Å². The summed E-state index contributed by atoms with van der Waals surface area (Å²) in [7, 11) is 0. The van der Waals surface area contributed by atoms with E-state index in [1.54, 1.807) is 0 Å². The van der Waals surface area contributed by atoms with Gasteiger partial charge in [-0.15, -0.1) is 0 Å². The second kappa shape index (κ2) is 12.7. The third-order valence-electron chi connectivity index (χ3n) is 7.75. The maximum Gasteiger partial charge on any atom is 0.473 e. The molecule has 0 saturated heterocycles. The lowest BCUT2D eigenvalue weighted by Crippen LogP contribution is -2.89. The first-order chi connectivity index (χ1) is 24.8. The zero-order valence-electron chi connectivity index (χ0n) is 25.8. The molecule has 0 aromatic carbocycles. The fourth-order valence-electron chi connectivity index (χ4n) is 4.06. The maximum absolute atomic E-state index is 15.0. The van der Waals surface area contributed by atoms with Crippen molar-refractivity contribution in [3.05, 3.63) is 12.2 Å². The minimum absolute atomic E-state index is 0.0594. The van der Waals surface area contributed by atoms with Crippen molar-refractivity contribution in [3.63, 3.8) is 0 Å². The molecule has 0 unspecified atom stereocenters. The highest BCUT2D eigenvalue weighted by molar-refractivity contribution is 5.87. The highest BCUT2D eigenvalue weighted by Crippen LogP contribution is 2.75. The lowest BCUT2D eigenvalue weighted by Gasteiger charge is -2.54. The Hall–Kier alpha value is -3.24. The van der Waals surface area contributed by atoms with Gasteiger partial charge in [-0.1, -0.05) is 6.58 Å². The van der Waals surface area contributed by atoms with Crippen LogP contribution < -0.4 is 0 Å². The molecular weight excluding hydrogens is 961 g/mol. The summed E-state index contributed by atoms with van der Waals surface area (Å²) in [6, 6.07) is 0. The van der Waals surface area contributed by atoms with E-state index in [4.69, 9.17) is 0 Å². The summed E-state index contributed by atoms with van der Waals surface area (Å²) in [6.45, 7) is 2.29. The lowest BCUT2D eigenvalue weighted by molar-refractivity contribution is -0.524. The molecule has 37 heteroatoms. The number of hydrogen-bond donors (Lipinski definition) is 0. The number of halogens is 35. The largest absolute Gasteiger partial charge is 0.473 e. The third-order valence-corrected chi connectivity index (χ3v) is 7.75. The SMILES string of the molecule is C=C(C)C(=O)OC(F)(F)C(F)(F)C(F)(F)C(F)(F)C(F)(F)C(F)(F)C(F)(F)C(F)(F)C(F)(F)C(F)(F)C1(F)C(F)(F)C(F)(F)C(F)(F)C(F)(F)C(F)(F)C(F)(F)C1(F)F. The van der Waals surface area contributed by atoms with Crippen molar-refractivity contribution >= 4 is 5.97 Å². The Balaban J connectivity index is 4.42. The summed E-state index contributed by atoms with van der Waals surface area (Å²) in [5.41, 5.74) is -12.6. The average Bonchev–Trinajstić information content (AvgIpc) is 3.01. The third kappa shape index (κ3) is 5.42. The average molecular weight is 966 g/mol. The van der Waals surface area contributed by atoms with E-state index in [9.17, 15) is 154 Å². The Bertz CT molecular complexity index is 1620. The van der Waals surface area contributed by atoms with Crippen molar-refractivity contribution in [1.82, 2.24) is 0 Å². The topological polar surface area (TPSA) is 26.3 Å². The number of carbonyl (C=O) groups excluding carboxylic acids is 1. The maximum atomic E-state index is 15.0. The minimum Gasteiger partial charge on any atom is -0.393 e. The van der Waals surface area contributed by atoms with Gasteiger partial charge in [0.15, 0.2) is 0 Å². The molecule has 0 atom stereocenters. The van der Waals surface area contributed by atoms with Gasteiger partial charge < -0.3 is 4.74 Å². The number of rotatable bonds is 12. The Kier molecular flexibility index (Phi) is 11.5. The van der Waals surface area contributed by atoms with Crippen molar-refractivity contribution < 1.29 is 163 Å². The standard InChI is InChI=1S/C22H5F35O2/c1-3(2)4(58)59-22(56,57)21(54,55)20(52,53)19(50,51)18(48,49)17(46,47)16(44,45)14(40,41)11(34,35)8(28,29)5(23)6(24,25)9(30,31)12(36,37)15(42,43)13(38,39)10(32,33)7(5,26)27/h1H2,2H3. The number of ether oxygens (including phenoxy) is 1. The monoisotopic (exact) mass is 966 g/mol. The molecule has 350 valence electrons. The van der Waals surface area contributed by atoms with Crippen molar-refractivity contribution in [1.29, 1.82) is 0 Å². The molecule has 2 nitrogen and oxygen atoms in total. The van der Waals surface area contributed by atoms with Gasteiger partial charge in [0.05, 0.1) is 0 Å². The molecule has 0 aromatic rings. The van der Waals surface area contributed by atoms with Gasteiger partial charge >= 0.3 is 113 Å². The molecule has 1 saturated carbocycles. The number of hydrogen-bond acceptors (Lipinski definition) is 2. The minimum atomic E-state index is -10.9. The Labute approximate surface area is 296 Å². The first-order valence-corrected chi connectivity index (χ1v) is 12.8. The van der Waals surface area contributed by atoms with Crippen molar-refractivity contribution in [2.45, 2.75) is 113 Å². The quantitative estimate of drug-likeness (QED) is 0.111. The van der Waals surface area contributed by atoms with Crippen LogP contribution in [0.5, 0.6) is 0 Å². The molecule has 0 radical (unpaired) electrons. The van der Waals surface area contributed by atoms with E-state index in [1.165, 1.54) is 0 Å². The summed E-state index contributed by atoms with van der Waals surface area (Å²) < 4.78 is 493. The molecule has 1 aliphatic carbocycles. The van der Waals surface area contributed by atoms with Gasteiger partial charge in [0.25, 0.3) is 0 Å². The fourth-order valence-corrected chi connectivity index (χ4v) is 4.06. The lowest BCUT2D eigenvalue weighted by atomic mass is 9.68. The van der Waals surface area contributed by atoms with Crippen LogP contribution in [-0.4, -0.2) is 113 Å². The van der Waals surface area contributed by atoms with Crippen LogP contribution in [0.15, 0.2) is 12.2 Å². The highest BCUT2D eigenvalue weighted by atomic mass is 19.4. The number of esters is 1. The predicted molar refractivity (Wildman–Crippen MR) is 109 cm³/mol. The molecule has 1 rings (SSSR count). The molecule has 0 spiro atoms. The van der Waals surface area contributed by atoms with E-state index in [2.05, 4.69) is 11.3 Å². The normalized spacial score (nSPS) is 23.8. The Morgan fingerprint density at radius 2 is 0.542 bits per heavy atom. The summed E-state index contributed by atoms with van der Waals surface area (Å²) in [5, 5.41) is 0. The van der Waals surface area contributed by atoms with Crippen molar-refractivity contribution in [3.8, 4) is 0 Å². The van der Waals surface area contributed by atoms with Gasteiger partial charge in [-0.05, 0) is 6.92 Å². The molecule has 0 bridgehead atoms. The predicted octanol–water partition coefficient (Wildman–Crippen LogP) is 11.6. The number of carbonyl (C=O) groups is 1. The molecule has 1 aliphatic rings. The van der Waals surface area contributed by atoms with E-state index in [1.807, 2.05) is 0 Å². The fraction of sp³-hybridized carbons (Fsp3) is 0.864. The van der Waals surface area contributed by atoms with Gasteiger partial charge in [-0.2, -0.15) is 149 Å². The second-order valence-corrected chi connectivity index (χ2v) is 11.5. The van der Waals surface area contributed by atoms with Gasteiger partial charge in [-0.25, -0.2) is 9.18 Å². The van der Waals surface area contributed by atoms with Crippen LogP contribution in [0.2, 0.25) is 0 Å². The zero-order chi connectivity index (χ0) is 48.9. The summed E-state index contributed by atoms with van der Waals surface area (Å²) in [5.74, 6) is -164. The van der Waals surface area contributed by atoms with Crippen LogP contribution in [0, 0.1) is 0 Å². The number of alkyl halides is 35. The van der Waals surface area contributed by atoms with Gasteiger partial charge in [0.2, 0.25) is 0 Å². The first-order valence-electron chi connectivity index (χ1n) is 12.8. The zero-order valence-corrected chi connectivity index (χ0v) is 25.8. The first kappa shape index (κ1) is 53.8. The van der Waals surface area contributed by atoms with Crippen LogP contribution in [-0.2, 0) is 9.53 Å². The highest BCUT2D eigenvalue weighted by Gasteiger charge is 3.09. The smallest absolute Gasteiger partial charge is 0.393 e. The van der Waals surface area contributed by atoms with Gasteiger partial charge in [0.1, 0.15) is 0 Å². The molecule has 59 heavy (non-hydrogen) atoms. The van der Waals surface area contributed by atoms with E-state index < -0.39 is 118 Å². The van der Waals surface area contributed by atoms with Crippen molar-refractivity contribution in [2.24, 2.45) is 0 Å². The molecule has 0 N–H and O–H groups in total. The Morgan fingerprint density at radius 1 is 0.356 bits per heavy atom. The summed E-state index contributed by atoms with van der Waals surface area (Å²) in [4.78, 5) is 10.9. The summed E-state index contributed by atoms with van der Waals surface area (Å²) >= 11 is 0. The van der Waals surface area contributed by atoms with E-state index in [-0.39, 0.29) is 6.92 Å². The van der Waals surface area contributed by atoms with E-state index in [0.717, 1.165) is 0 Å². The second-order valence-electron chi connectivity index (χ2n) is 11.5. The van der Waals surface area contributed by atoms with Crippen LogP contribution in [0.4, 0.5) is 154 Å². The van der Waals surface area contributed by atoms with E-state index in [0.29, 0.717) is 0 Å². The van der Waals surface area contributed by atoms with Gasteiger partial charge in [-0.3, -0.25) is 0 Å². The van der Waals surface area contributed by atoms with Crippen LogP contribution in [0.1, 0.15) is 6.92 Å². The molecule has 0 aromatic heterocycles. The molecule has 1 fully saturated rings. The molecule has 0 aliphatic heterocycles. The van der Waals surface area contributed by atoms with Gasteiger partial charge in [0, 0.05) is 5.57 Å².